The third kappa shape index (κ3) is 11.7. The van der Waals surface area contributed by atoms with Crippen LogP contribution in [0.3, 0.4) is 0 Å². The average molecular weight is 790 g/mol. The lowest BCUT2D eigenvalue weighted by Crippen LogP contribution is -2.45. The number of nitrogen functional groups attached to an aromatic ring is 1. The van der Waals surface area contributed by atoms with Crippen molar-refractivity contribution in [1.82, 2.24) is 20.6 Å². The number of aromatic nitrogens is 2. The van der Waals surface area contributed by atoms with Gasteiger partial charge in [-0.05, 0) is 55.8 Å². The Kier molecular flexibility index (Phi) is 14.9. The molecule has 8 N–H and O–H groups in total. The number of pyridine rings is 1. The Bertz CT molecular complexity index is 2100. The van der Waals surface area contributed by atoms with Crippen molar-refractivity contribution in [3.63, 3.8) is 0 Å². The van der Waals surface area contributed by atoms with Crippen LogP contribution in [-0.4, -0.2) is 78.2 Å². The molecule has 2 aromatic heterocycles. The van der Waals surface area contributed by atoms with Gasteiger partial charge in [-0.1, -0.05) is 35.5 Å². The maximum absolute atomic E-state index is 12.7. The van der Waals surface area contributed by atoms with Crippen molar-refractivity contribution < 1.29 is 37.8 Å². The number of nitrogens with two attached hydrogens (primary N) is 3. The first-order valence-electron chi connectivity index (χ1n) is 16.4. The summed E-state index contributed by atoms with van der Waals surface area (Å²) in [5.74, 6) is -1.97. The summed E-state index contributed by atoms with van der Waals surface area (Å²) in [5.41, 5.74) is 19.1. The lowest BCUT2D eigenvalue weighted by atomic mass is 9.97. The molecular weight excluding hydrogens is 754 g/mol. The number of anilines is 1. The molecule has 3 atom stereocenters. The molecule has 0 saturated carbocycles. The van der Waals surface area contributed by atoms with E-state index in [0.29, 0.717) is 22.2 Å². The van der Waals surface area contributed by atoms with Crippen molar-refractivity contribution >= 4 is 52.9 Å². The van der Waals surface area contributed by atoms with Gasteiger partial charge in [0, 0.05) is 21.9 Å². The summed E-state index contributed by atoms with van der Waals surface area (Å²) >= 11 is 7.17. The van der Waals surface area contributed by atoms with E-state index in [0.717, 1.165) is 5.56 Å². The maximum atomic E-state index is 12.7. The number of halogens is 1. The number of hydrogen-bond donors (Lipinski definition) is 5. The molecule has 0 saturated heterocycles. The normalized spacial score (nSPS) is 12.3. The number of carbonyl (C=O) groups is 4. The number of rotatable bonds is 17. The molecule has 4 rings (SSSR count). The molecule has 2 aromatic carbocycles. The lowest BCUT2D eigenvalue weighted by Gasteiger charge is -2.21. The van der Waals surface area contributed by atoms with Crippen molar-refractivity contribution in [2.45, 2.75) is 42.8 Å². The topological polar surface area (TPSA) is 285 Å². The van der Waals surface area contributed by atoms with E-state index >= 15 is 0 Å². The van der Waals surface area contributed by atoms with Crippen LogP contribution < -0.4 is 32.6 Å². The van der Waals surface area contributed by atoms with Crippen LogP contribution in [0.25, 0.3) is 22.6 Å². The predicted molar refractivity (Wildman–Crippen MR) is 200 cm³/mol. The number of hydrogen-bond acceptors (Lipinski definition) is 16. The summed E-state index contributed by atoms with van der Waals surface area (Å²) in [5, 5.41) is 25.8. The summed E-state index contributed by atoms with van der Waals surface area (Å²) in [4.78, 5) is 57.2. The largest absolute Gasteiger partial charge is 0.490 e. The highest BCUT2D eigenvalue weighted by atomic mass is 35.5. The van der Waals surface area contributed by atoms with Crippen LogP contribution in [0.4, 0.5) is 5.82 Å². The Morgan fingerprint density at radius 1 is 0.982 bits per heavy atom. The molecule has 0 unspecified atom stereocenters. The van der Waals surface area contributed by atoms with Gasteiger partial charge in [-0.3, -0.25) is 14.4 Å². The Balaban J connectivity index is 1.49. The number of nitrogens with zero attached hydrogens (tertiary/aromatic N) is 4. The molecule has 0 spiro atoms. The lowest BCUT2D eigenvalue weighted by molar-refractivity contribution is -0.162. The molecule has 2 amide bonds. The second kappa shape index (κ2) is 19.8. The molecule has 0 fully saturated rings. The minimum atomic E-state index is -1.15. The van der Waals surface area contributed by atoms with Gasteiger partial charge in [0.05, 0.1) is 23.8 Å². The van der Waals surface area contributed by atoms with E-state index in [2.05, 4.69) is 26.7 Å². The van der Waals surface area contributed by atoms with E-state index < -0.39 is 55.1 Å². The third-order valence-electron chi connectivity index (χ3n) is 7.44. The van der Waals surface area contributed by atoms with Gasteiger partial charge in [0.25, 0.3) is 0 Å². The van der Waals surface area contributed by atoms with Crippen LogP contribution >= 0.6 is 23.4 Å². The van der Waals surface area contributed by atoms with E-state index in [9.17, 15) is 29.7 Å². The predicted octanol–water partition coefficient (Wildman–Crippen LogP) is 2.44. The molecule has 2 heterocycles. The van der Waals surface area contributed by atoms with Gasteiger partial charge in [0.1, 0.15) is 66.4 Å². The minimum Gasteiger partial charge on any atom is -0.490 e. The van der Waals surface area contributed by atoms with Gasteiger partial charge in [-0.2, -0.15) is 10.5 Å². The molecule has 0 bridgehead atoms. The first-order chi connectivity index (χ1) is 26.3. The molecule has 0 aliphatic rings. The van der Waals surface area contributed by atoms with E-state index in [1.807, 2.05) is 6.07 Å². The average Bonchev–Trinajstić information content (AvgIpc) is 3.66. The van der Waals surface area contributed by atoms with Gasteiger partial charge >= 0.3 is 11.9 Å². The fraction of sp³-hybridized carbons (Fsp3) is 0.278. The maximum Gasteiger partial charge on any atom is 0.328 e. The van der Waals surface area contributed by atoms with Crippen LogP contribution in [0.5, 0.6) is 5.75 Å². The Hall–Kier alpha value is -6.18. The fourth-order valence-electron chi connectivity index (χ4n) is 4.64. The molecule has 4 aromatic rings. The monoisotopic (exact) mass is 789 g/mol. The van der Waals surface area contributed by atoms with Gasteiger partial charge in [0.2, 0.25) is 17.7 Å². The number of ether oxygens (including phenoxy) is 3. The van der Waals surface area contributed by atoms with Gasteiger partial charge < -0.3 is 46.5 Å². The fourth-order valence-corrected chi connectivity index (χ4v) is 5.64. The minimum absolute atomic E-state index is 0.00257. The van der Waals surface area contributed by atoms with E-state index in [1.54, 1.807) is 48.5 Å². The number of oxazole rings is 1. The smallest absolute Gasteiger partial charge is 0.328 e. The van der Waals surface area contributed by atoms with Crippen LogP contribution in [0.2, 0.25) is 5.02 Å². The highest BCUT2D eigenvalue weighted by molar-refractivity contribution is 7.98. The highest BCUT2D eigenvalue weighted by Crippen LogP contribution is 2.37. The zero-order chi connectivity index (χ0) is 40.1. The molecule has 17 nitrogen and oxygen atoms in total. The Morgan fingerprint density at radius 3 is 2.29 bits per heavy atom. The van der Waals surface area contributed by atoms with Crippen molar-refractivity contribution in [3.8, 4) is 40.5 Å². The number of benzene rings is 2. The number of nitriles is 2. The van der Waals surface area contributed by atoms with Crippen molar-refractivity contribution in [1.29, 1.82) is 10.5 Å². The molecule has 19 heteroatoms. The number of carbonyl (C=O) groups excluding carboxylic acids is 4. The summed E-state index contributed by atoms with van der Waals surface area (Å²) in [6.07, 6.45) is 0.341. The van der Waals surface area contributed by atoms with Gasteiger partial charge in [0.15, 0.2) is 6.10 Å². The molecule has 55 heavy (non-hydrogen) atoms. The van der Waals surface area contributed by atoms with Crippen LogP contribution in [0.15, 0.2) is 64.2 Å². The highest BCUT2D eigenvalue weighted by Gasteiger charge is 2.25. The summed E-state index contributed by atoms with van der Waals surface area (Å²) in [6.45, 7) is 1.24. The Morgan fingerprint density at radius 2 is 1.65 bits per heavy atom. The zero-order valence-corrected chi connectivity index (χ0v) is 31.1. The molecule has 0 aliphatic heterocycles. The number of thioether (sulfide) groups is 1. The second-order valence-electron chi connectivity index (χ2n) is 11.7. The van der Waals surface area contributed by atoms with Crippen molar-refractivity contribution in [2.75, 3.05) is 32.0 Å². The third-order valence-corrected chi connectivity index (χ3v) is 8.71. The summed E-state index contributed by atoms with van der Waals surface area (Å²) in [6, 6.07) is 15.5. The van der Waals surface area contributed by atoms with Gasteiger partial charge in [-0.25, -0.2) is 14.8 Å². The quantitative estimate of drug-likeness (QED) is 0.0758. The number of amides is 2. The number of nitrogens with one attached hydrogen (secondary N) is 2. The summed E-state index contributed by atoms with van der Waals surface area (Å²) < 4.78 is 22.1. The molecule has 0 radical (unpaired) electrons. The van der Waals surface area contributed by atoms with Gasteiger partial charge in [-0.15, -0.1) is 0 Å². The second-order valence-corrected chi connectivity index (χ2v) is 13.1. The Labute approximate surface area is 324 Å². The van der Waals surface area contributed by atoms with E-state index in [4.69, 9.17) is 47.4 Å². The van der Waals surface area contributed by atoms with Crippen molar-refractivity contribution in [3.05, 3.63) is 76.6 Å². The zero-order valence-electron chi connectivity index (χ0n) is 29.5. The summed E-state index contributed by atoms with van der Waals surface area (Å²) in [7, 11) is 0. The molecule has 0 aliphatic carbocycles. The van der Waals surface area contributed by atoms with Crippen molar-refractivity contribution in [2.24, 2.45) is 11.5 Å². The van der Waals surface area contributed by atoms with Crippen LogP contribution in [-0.2, 0) is 34.4 Å². The van der Waals surface area contributed by atoms with E-state index in [1.165, 1.54) is 31.9 Å². The first kappa shape index (κ1) is 41.6. The van der Waals surface area contributed by atoms with E-state index in [-0.39, 0.29) is 52.2 Å². The van der Waals surface area contributed by atoms with Crippen LogP contribution in [0, 0.1) is 22.7 Å². The van der Waals surface area contributed by atoms with Crippen LogP contribution in [0.1, 0.15) is 30.7 Å². The number of esters is 2. The first-order valence-corrected chi connectivity index (χ1v) is 17.8. The molecular formula is C36H36ClN9O8S. The SMILES string of the molecule is C[C@@H](N)C(=O)NCC(=O)OC[C@H](COc1ccc(-c2c(C#N)c(N)nc(SCc3coc(-c4ccc(Cl)cc4)n3)c2C#N)cc1)OC(=O)[C@@H](C)NC(=O)CN. The standard InChI is InChI=1S/C36H36ClN9O8S/c1-19(41)33(49)43-14-30(48)52-17-26(54-36(50)20(2)44-29(47)13-40)16-51-25-9-5-21(6-10-25)31-27(11-38)32(42)46-35(28(31)12-39)55-18-24-15-53-34(45-24)22-3-7-23(37)8-4-22/h3-10,15,19-20,26H,13-14,16-18,40-41H2,1-2H3,(H2,42,46)(H,43,49)(H,44,47)/t19-,20-,26+/m1/s1. The molecule has 286 valence electrons.